The molecule has 0 aliphatic heterocycles. The van der Waals surface area contributed by atoms with Crippen molar-refractivity contribution < 1.29 is 15.0 Å². The maximum Gasteiger partial charge on any atom is 0.310 e. The van der Waals surface area contributed by atoms with E-state index in [1.807, 2.05) is 0 Å². The van der Waals surface area contributed by atoms with Crippen LogP contribution in [0.15, 0.2) is 0 Å². The Kier molecular flexibility index (Phi) is 4.66. The van der Waals surface area contributed by atoms with Gasteiger partial charge in [-0.05, 0) is 25.7 Å². The first-order valence-electron chi connectivity index (χ1n) is 7.58. The lowest BCUT2D eigenvalue weighted by Crippen LogP contribution is -2.43. The van der Waals surface area contributed by atoms with Crippen molar-refractivity contribution >= 4 is 5.97 Å². The molecule has 2 atom stereocenters. The van der Waals surface area contributed by atoms with Gasteiger partial charge in [-0.1, -0.05) is 44.9 Å². The predicted molar refractivity (Wildman–Crippen MR) is 70.4 cm³/mol. The van der Waals surface area contributed by atoms with E-state index in [-0.39, 0.29) is 5.92 Å². The Hall–Kier alpha value is -0.570. The molecule has 2 aliphatic rings. The van der Waals surface area contributed by atoms with Crippen LogP contribution in [0.1, 0.15) is 70.6 Å². The van der Waals surface area contributed by atoms with Crippen molar-refractivity contribution in [1.29, 1.82) is 0 Å². The summed E-state index contributed by atoms with van der Waals surface area (Å²) in [6.45, 7) is 0. The number of rotatable bonds is 2. The molecule has 2 unspecified atom stereocenters. The van der Waals surface area contributed by atoms with Crippen molar-refractivity contribution in [3.8, 4) is 0 Å². The lowest BCUT2D eigenvalue weighted by molar-refractivity contribution is -0.158. The Morgan fingerprint density at radius 2 is 1.44 bits per heavy atom. The number of aliphatic hydroxyl groups is 1. The van der Waals surface area contributed by atoms with Crippen molar-refractivity contribution in [1.82, 2.24) is 0 Å². The summed E-state index contributed by atoms with van der Waals surface area (Å²) in [4.78, 5) is 11.9. The van der Waals surface area contributed by atoms with Gasteiger partial charge in [0, 0.05) is 5.92 Å². The number of carboxylic acids is 1. The maximum absolute atomic E-state index is 11.9. The molecule has 2 saturated carbocycles. The number of hydrogen-bond acceptors (Lipinski definition) is 2. The molecule has 0 radical (unpaired) electrons. The summed E-state index contributed by atoms with van der Waals surface area (Å²) in [5, 5.41) is 20.1. The van der Waals surface area contributed by atoms with Gasteiger partial charge < -0.3 is 10.2 Å². The highest BCUT2D eigenvalue weighted by Crippen LogP contribution is 2.47. The third-order valence-corrected chi connectivity index (χ3v) is 5.11. The van der Waals surface area contributed by atoms with E-state index in [1.165, 1.54) is 0 Å². The second-order valence-electron chi connectivity index (χ2n) is 6.19. The van der Waals surface area contributed by atoms with E-state index >= 15 is 0 Å². The monoisotopic (exact) mass is 254 g/mol. The molecule has 0 aromatic heterocycles. The SMILES string of the molecule is O=C(O)C1(C2CCCCCC2O)CCCCCC1. The van der Waals surface area contributed by atoms with Gasteiger partial charge in [0.15, 0.2) is 0 Å². The van der Waals surface area contributed by atoms with Crippen molar-refractivity contribution in [2.75, 3.05) is 0 Å². The number of carbonyl (C=O) groups is 1. The fourth-order valence-electron chi connectivity index (χ4n) is 4.04. The molecule has 2 N–H and O–H groups in total. The van der Waals surface area contributed by atoms with E-state index in [0.29, 0.717) is 0 Å². The first kappa shape index (κ1) is 13.9. The second kappa shape index (κ2) is 6.05. The van der Waals surface area contributed by atoms with Crippen molar-refractivity contribution in [2.24, 2.45) is 11.3 Å². The summed E-state index contributed by atoms with van der Waals surface area (Å²) in [6.07, 6.45) is 10.4. The number of aliphatic hydroxyl groups excluding tert-OH is 1. The van der Waals surface area contributed by atoms with Gasteiger partial charge in [-0.15, -0.1) is 0 Å². The lowest BCUT2D eigenvalue weighted by Gasteiger charge is -2.38. The Labute approximate surface area is 110 Å². The van der Waals surface area contributed by atoms with Crippen LogP contribution in [0.25, 0.3) is 0 Å². The number of hydrogen-bond donors (Lipinski definition) is 2. The molecular weight excluding hydrogens is 228 g/mol. The topological polar surface area (TPSA) is 57.5 Å². The van der Waals surface area contributed by atoms with Gasteiger partial charge in [0.05, 0.1) is 11.5 Å². The normalized spacial score (nSPS) is 33.4. The van der Waals surface area contributed by atoms with Crippen LogP contribution in [-0.4, -0.2) is 22.3 Å². The summed E-state index contributed by atoms with van der Waals surface area (Å²) in [6, 6.07) is 0. The fourth-order valence-corrected chi connectivity index (χ4v) is 4.04. The van der Waals surface area contributed by atoms with E-state index in [0.717, 1.165) is 70.6 Å². The van der Waals surface area contributed by atoms with Gasteiger partial charge in [-0.2, -0.15) is 0 Å². The highest BCUT2D eigenvalue weighted by molar-refractivity contribution is 5.75. The fraction of sp³-hybridized carbons (Fsp3) is 0.933. The molecule has 0 spiro atoms. The molecule has 0 bridgehead atoms. The summed E-state index contributed by atoms with van der Waals surface area (Å²) in [5.41, 5.74) is -0.639. The zero-order valence-electron chi connectivity index (χ0n) is 11.2. The molecule has 18 heavy (non-hydrogen) atoms. The van der Waals surface area contributed by atoms with Crippen LogP contribution in [-0.2, 0) is 4.79 Å². The Bertz CT molecular complexity index is 279. The van der Waals surface area contributed by atoms with Gasteiger partial charge in [0.2, 0.25) is 0 Å². The highest BCUT2D eigenvalue weighted by atomic mass is 16.4. The molecule has 0 amide bonds. The largest absolute Gasteiger partial charge is 0.481 e. The van der Waals surface area contributed by atoms with Crippen LogP contribution in [0.5, 0.6) is 0 Å². The zero-order chi connectivity index (χ0) is 13.0. The predicted octanol–water partition coefficient (Wildman–Crippen LogP) is 3.35. The molecule has 3 heteroatoms. The smallest absolute Gasteiger partial charge is 0.310 e. The van der Waals surface area contributed by atoms with E-state index in [1.54, 1.807) is 0 Å². The van der Waals surface area contributed by atoms with Gasteiger partial charge in [0.1, 0.15) is 0 Å². The Morgan fingerprint density at radius 1 is 0.889 bits per heavy atom. The first-order chi connectivity index (χ1) is 8.67. The maximum atomic E-state index is 11.9. The minimum absolute atomic E-state index is 0.0180. The summed E-state index contributed by atoms with van der Waals surface area (Å²) < 4.78 is 0. The molecule has 104 valence electrons. The number of aliphatic carboxylic acids is 1. The van der Waals surface area contributed by atoms with Crippen LogP contribution < -0.4 is 0 Å². The third-order valence-electron chi connectivity index (χ3n) is 5.11. The van der Waals surface area contributed by atoms with Gasteiger partial charge in [-0.25, -0.2) is 0 Å². The summed E-state index contributed by atoms with van der Waals surface area (Å²) in [7, 11) is 0. The minimum atomic E-state index is -0.657. The van der Waals surface area contributed by atoms with Crippen LogP contribution in [0.2, 0.25) is 0 Å². The molecule has 2 aliphatic carbocycles. The summed E-state index contributed by atoms with van der Waals surface area (Å²) in [5.74, 6) is -0.675. The van der Waals surface area contributed by atoms with Crippen LogP contribution in [0.3, 0.4) is 0 Å². The lowest BCUT2D eigenvalue weighted by atomic mass is 9.66. The number of carboxylic acid groups (broad SMARTS) is 1. The van der Waals surface area contributed by atoms with Gasteiger partial charge in [-0.3, -0.25) is 4.79 Å². The molecule has 0 aromatic rings. The Balaban J connectivity index is 2.23. The van der Waals surface area contributed by atoms with Crippen molar-refractivity contribution in [3.05, 3.63) is 0 Å². The highest BCUT2D eigenvalue weighted by Gasteiger charge is 2.48. The van der Waals surface area contributed by atoms with E-state index < -0.39 is 17.5 Å². The van der Waals surface area contributed by atoms with Gasteiger partial charge in [0.25, 0.3) is 0 Å². The van der Waals surface area contributed by atoms with Crippen molar-refractivity contribution in [3.63, 3.8) is 0 Å². The standard InChI is InChI=1S/C15H26O3/c16-13-9-5-3-4-8-12(13)15(14(17)18)10-6-1-2-7-11-15/h12-13,16H,1-11H2,(H,17,18). The first-order valence-corrected chi connectivity index (χ1v) is 7.58. The molecule has 0 saturated heterocycles. The van der Waals surface area contributed by atoms with E-state index in [4.69, 9.17) is 0 Å². The molecule has 3 nitrogen and oxygen atoms in total. The summed E-state index contributed by atoms with van der Waals surface area (Å²) >= 11 is 0. The molecule has 0 heterocycles. The van der Waals surface area contributed by atoms with E-state index in [2.05, 4.69) is 0 Å². The third kappa shape index (κ3) is 2.71. The van der Waals surface area contributed by atoms with Crippen molar-refractivity contribution in [2.45, 2.75) is 76.7 Å². The minimum Gasteiger partial charge on any atom is -0.481 e. The van der Waals surface area contributed by atoms with E-state index in [9.17, 15) is 15.0 Å². The molecule has 0 aromatic carbocycles. The van der Waals surface area contributed by atoms with Crippen LogP contribution in [0.4, 0.5) is 0 Å². The average molecular weight is 254 g/mol. The van der Waals surface area contributed by atoms with Crippen LogP contribution >= 0.6 is 0 Å². The second-order valence-corrected chi connectivity index (χ2v) is 6.19. The van der Waals surface area contributed by atoms with Crippen LogP contribution in [0, 0.1) is 11.3 Å². The molecular formula is C15H26O3. The molecule has 2 rings (SSSR count). The molecule has 2 fully saturated rings. The average Bonchev–Trinajstić information content (AvgIpc) is 2.69. The van der Waals surface area contributed by atoms with Gasteiger partial charge >= 0.3 is 5.97 Å². The zero-order valence-corrected chi connectivity index (χ0v) is 11.2. The Morgan fingerprint density at radius 3 is 2.06 bits per heavy atom. The quantitative estimate of drug-likeness (QED) is 0.743.